The van der Waals surface area contributed by atoms with Crippen LogP contribution in [-0.4, -0.2) is 51.0 Å². The summed E-state index contributed by atoms with van der Waals surface area (Å²) in [5, 5.41) is 8.06. The number of amides is 1. The molecule has 1 aliphatic carbocycles. The van der Waals surface area contributed by atoms with Crippen LogP contribution >= 0.6 is 0 Å². The second-order valence-corrected chi connectivity index (χ2v) is 9.62. The summed E-state index contributed by atoms with van der Waals surface area (Å²) in [5.74, 6) is 0.719. The number of hydrogen-bond donors (Lipinski definition) is 3. The van der Waals surface area contributed by atoms with Gasteiger partial charge >= 0.3 is 0 Å². The van der Waals surface area contributed by atoms with Gasteiger partial charge in [-0.15, -0.1) is 0 Å². The van der Waals surface area contributed by atoms with E-state index in [4.69, 9.17) is 0 Å². The Kier molecular flexibility index (Phi) is 6.92. The lowest BCUT2D eigenvalue weighted by molar-refractivity contribution is 0.0931. The van der Waals surface area contributed by atoms with Crippen LogP contribution in [0.15, 0.2) is 30.7 Å². The van der Waals surface area contributed by atoms with E-state index in [0.29, 0.717) is 11.6 Å². The maximum atomic E-state index is 13.5. The molecule has 3 N–H and O–H groups in total. The van der Waals surface area contributed by atoms with E-state index in [-0.39, 0.29) is 11.9 Å². The van der Waals surface area contributed by atoms with Gasteiger partial charge in [0.25, 0.3) is 5.91 Å². The van der Waals surface area contributed by atoms with Crippen molar-refractivity contribution >= 4 is 28.6 Å². The molecule has 0 atom stereocenters. The maximum absolute atomic E-state index is 13.5. The average molecular weight is 462 g/mol. The lowest BCUT2D eigenvalue weighted by Crippen LogP contribution is -2.45. The normalized spacial score (nSPS) is 17.7. The number of H-pyrrole nitrogens is 1. The monoisotopic (exact) mass is 461 g/mol. The Morgan fingerprint density at radius 3 is 2.56 bits per heavy atom. The highest BCUT2D eigenvalue weighted by atomic mass is 16.1. The van der Waals surface area contributed by atoms with E-state index in [9.17, 15) is 4.79 Å². The number of pyridine rings is 1. The Morgan fingerprint density at radius 2 is 1.82 bits per heavy atom. The molecule has 0 bridgehead atoms. The predicted molar refractivity (Wildman–Crippen MR) is 135 cm³/mol. The minimum absolute atomic E-state index is 0.0413. The lowest BCUT2D eigenvalue weighted by Gasteiger charge is -2.32. The second kappa shape index (κ2) is 10.4. The third kappa shape index (κ3) is 5.00. The fourth-order valence-corrected chi connectivity index (χ4v) is 5.25. The molecule has 8 heteroatoms. The molecule has 2 fully saturated rings. The molecule has 4 heterocycles. The molecule has 1 aliphatic heterocycles. The number of fused-ring (bicyclic) bond motifs is 1. The highest BCUT2D eigenvalue weighted by molar-refractivity contribution is 6.07. The number of carbonyl (C=O) groups excluding carboxylic acids is 1. The summed E-state index contributed by atoms with van der Waals surface area (Å²) < 4.78 is 0. The number of nitrogens with zero attached hydrogens (tertiary/aromatic N) is 4. The number of aromatic amines is 1. The molecule has 3 aromatic heterocycles. The number of aromatic nitrogens is 4. The molecule has 0 aromatic carbocycles. The molecule has 5 rings (SSSR count). The van der Waals surface area contributed by atoms with Gasteiger partial charge in [-0.3, -0.25) is 4.79 Å². The van der Waals surface area contributed by atoms with Crippen LogP contribution in [0.25, 0.3) is 11.0 Å². The van der Waals surface area contributed by atoms with Gasteiger partial charge in [0.2, 0.25) is 5.95 Å². The van der Waals surface area contributed by atoms with Crippen molar-refractivity contribution < 1.29 is 4.79 Å². The van der Waals surface area contributed by atoms with Gasteiger partial charge in [0.15, 0.2) is 0 Å². The van der Waals surface area contributed by atoms with Crippen LogP contribution in [0, 0.1) is 0 Å². The van der Waals surface area contributed by atoms with Crippen LogP contribution in [0.5, 0.6) is 0 Å². The van der Waals surface area contributed by atoms with Gasteiger partial charge in [-0.1, -0.05) is 32.6 Å². The maximum Gasteiger partial charge on any atom is 0.255 e. The first-order valence-electron chi connectivity index (χ1n) is 12.8. The van der Waals surface area contributed by atoms with Crippen molar-refractivity contribution in [2.45, 2.75) is 76.8 Å². The number of aryl methyl sites for hydroxylation is 1. The topological polar surface area (TPSA) is 98.8 Å². The molecule has 1 amide bonds. The van der Waals surface area contributed by atoms with E-state index in [2.05, 4.69) is 48.5 Å². The molecule has 3 aromatic rings. The molecule has 180 valence electrons. The number of nitrogens with one attached hydrogen (secondary N) is 3. The largest absolute Gasteiger partial charge is 0.381 e. The van der Waals surface area contributed by atoms with E-state index in [1.54, 1.807) is 18.6 Å². The molecule has 8 nitrogen and oxygen atoms in total. The summed E-state index contributed by atoms with van der Waals surface area (Å²) in [6.07, 6.45) is 15.1. The first-order chi connectivity index (χ1) is 16.7. The Bertz CT molecular complexity index is 1100. The summed E-state index contributed by atoms with van der Waals surface area (Å²) in [4.78, 5) is 32.4. The lowest BCUT2D eigenvalue weighted by atomic mass is 9.95. The Hall–Kier alpha value is -3.16. The number of hydrogen-bond acceptors (Lipinski definition) is 6. The number of anilines is 2. The van der Waals surface area contributed by atoms with E-state index in [1.807, 2.05) is 6.07 Å². The first kappa shape index (κ1) is 22.6. The minimum Gasteiger partial charge on any atom is -0.381 e. The molecule has 0 radical (unpaired) electrons. The number of carbonyl (C=O) groups is 1. The van der Waals surface area contributed by atoms with Crippen molar-refractivity contribution in [3.05, 3.63) is 42.0 Å². The molecule has 0 spiro atoms. The van der Waals surface area contributed by atoms with Gasteiger partial charge in [0, 0.05) is 54.8 Å². The van der Waals surface area contributed by atoms with Crippen molar-refractivity contribution in [1.82, 2.24) is 25.3 Å². The number of rotatable bonds is 7. The van der Waals surface area contributed by atoms with E-state index >= 15 is 0 Å². The van der Waals surface area contributed by atoms with E-state index in [0.717, 1.165) is 74.3 Å². The Morgan fingerprint density at radius 1 is 1.06 bits per heavy atom. The van der Waals surface area contributed by atoms with Crippen molar-refractivity contribution in [3.8, 4) is 0 Å². The van der Waals surface area contributed by atoms with Crippen molar-refractivity contribution in [1.29, 1.82) is 0 Å². The third-order valence-electron chi connectivity index (χ3n) is 7.10. The molecular formula is C26H35N7O. The molecule has 2 aliphatic rings. The SMILES string of the molecule is CCCc1cc2c(NC3CCCCC3)c(C(=O)NC3CCN(c4ncccn4)CC3)cnc2[nH]1. The molecule has 1 saturated heterocycles. The summed E-state index contributed by atoms with van der Waals surface area (Å²) in [6, 6.07) is 4.54. The summed E-state index contributed by atoms with van der Waals surface area (Å²) in [7, 11) is 0. The smallest absolute Gasteiger partial charge is 0.255 e. The standard InChI is InChI=1S/C26H35N7O/c1-2-7-20-16-21-23(30-18-8-4-3-5-9-18)22(17-29-24(21)31-20)25(34)32-19-10-14-33(15-11-19)26-27-12-6-13-28-26/h6,12-13,16-19H,2-5,7-11,14-15H2,1H3,(H,32,34)(H2,29,30,31). The second-order valence-electron chi connectivity index (χ2n) is 9.62. The molecule has 34 heavy (non-hydrogen) atoms. The predicted octanol–water partition coefficient (Wildman–Crippen LogP) is 4.45. The van der Waals surface area contributed by atoms with Gasteiger partial charge in [-0.05, 0) is 44.2 Å². The van der Waals surface area contributed by atoms with Crippen LogP contribution < -0.4 is 15.5 Å². The van der Waals surface area contributed by atoms with Crippen LogP contribution in [0.1, 0.15) is 74.3 Å². The average Bonchev–Trinajstić information content (AvgIpc) is 3.29. The minimum atomic E-state index is -0.0413. The van der Waals surface area contributed by atoms with Crippen molar-refractivity contribution in [2.24, 2.45) is 0 Å². The van der Waals surface area contributed by atoms with Gasteiger partial charge in [0.05, 0.1) is 11.3 Å². The Labute approximate surface area is 201 Å². The van der Waals surface area contributed by atoms with Gasteiger partial charge in [0.1, 0.15) is 5.65 Å². The van der Waals surface area contributed by atoms with Gasteiger partial charge < -0.3 is 20.5 Å². The highest BCUT2D eigenvalue weighted by Gasteiger charge is 2.25. The van der Waals surface area contributed by atoms with Crippen LogP contribution in [0.4, 0.5) is 11.6 Å². The van der Waals surface area contributed by atoms with Gasteiger partial charge in [-0.2, -0.15) is 0 Å². The van der Waals surface area contributed by atoms with Crippen molar-refractivity contribution in [3.63, 3.8) is 0 Å². The van der Waals surface area contributed by atoms with Crippen LogP contribution in [0.2, 0.25) is 0 Å². The highest BCUT2D eigenvalue weighted by Crippen LogP contribution is 2.31. The van der Waals surface area contributed by atoms with Gasteiger partial charge in [-0.25, -0.2) is 15.0 Å². The third-order valence-corrected chi connectivity index (χ3v) is 7.10. The molecular weight excluding hydrogens is 426 g/mol. The zero-order valence-electron chi connectivity index (χ0n) is 20.0. The first-order valence-corrected chi connectivity index (χ1v) is 12.8. The summed E-state index contributed by atoms with van der Waals surface area (Å²) >= 11 is 0. The fourth-order valence-electron chi connectivity index (χ4n) is 5.25. The molecule has 0 unspecified atom stereocenters. The zero-order chi connectivity index (χ0) is 23.3. The summed E-state index contributed by atoms with van der Waals surface area (Å²) in [5.41, 5.74) is 3.61. The summed E-state index contributed by atoms with van der Waals surface area (Å²) in [6.45, 7) is 3.84. The Balaban J connectivity index is 1.33. The quantitative estimate of drug-likeness (QED) is 0.481. The van der Waals surface area contributed by atoms with Crippen molar-refractivity contribution in [2.75, 3.05) is 23.3 Å². The number of piperidine rings is 1. The van der Waals surface area contributed by atoms with E-state index in [1.165, 1.54) is 25.0 Å². The fraction of sp³-hybridized carbons (Fsp3) is 0.538. The molecule has 1 saturated carbocycles. The van der Waals surface area contributed by atoms with Crippen LogP contribution in [0.3, 0.4) is 0 Å². The zero-order valence-corrected chi connectivity index (χ0v) is 20.0. The van der Waals surface area contributed by atoms with Crippen LogP contribution in [-0.2, 0) is 6.42 Å². The van der Waals surface area contributed by atoms with E-state index < -0.39 is 0 Å².